The number of urea groups is 1. The van der Waals surface area contributed by atoms with E-state index in [0.29, 0.717) is 95.4 Å². The normalized spacial score (nSPS) is 20.7. The summed E-state index contributed by atoms with van der Waals surface area (Å²) in [6, 6.07) is 13.5. The second-order valence-electron chi connectivity index (χ2n) is 16.5. The number of anilines is 4. The predicted octanol–water partition coefficient (Wildman–Crippen LogP) is 3.09. The Morgan fingerprint density at radius 2 is 1.75 bits per heavy atom. The number of nitrogens with zero attached hydrogens (tertiary/aromatic N) is 8. The Balaban J connectivity index is 0.757. The van der Waals surface area contributed by atoms with Crippen LogP contribution >= 0.6 is 0 Å². The molecule has 6 amide bonds. The third-order valence-corrected chi connectivity index (χ3v) is 12.4. The number of nitrogens with one attached hydrogen (secondary N) is 2. The lowest BCUT2D eigenvalue weighted by molar-refractivity contribution is -0.132. The first-order valence-corrected chi connectivity index (χ1v) is 21.3. The van der Waals surface area contributed by atoms with Crippen molar-refractivity contribution in [3.05, 3.63) is 83.3 Å². The zero-order valence-electron chi connectivity index (χ0n) is 34.8. The molecule has 8 rings (SSSR count). The number of aromatic nitrogens is 2. The van der Waals surface area contributed by atoms with Crippen LogP contribution in [0.3, 0.4) is 0 Å². The number of piperidine rings is 2. The molecule has 0 radical (unpaired) electrons. The van der Waals surface area contributed by atoms with Crippen LogP contribution in [-0.4, -0.2) is 144 Å². The van der Waals surface area contributed by atoms with Gasteiger partial charge in [-0.1, -0.05) is 18.7 Å². The lowest BCUT2D eigenvalue weighted by Crippen LogP contribution is -2.49. The van der Waals surface area contributed by atoms with Gasteiger partial charge in [-0.3, -0.25) is 19.2 Å². The molecule has 5 aliphatic heterocycles. The Bertz CT molecular complexity index is 2170. The zero-order valence-corrected chi connectivity index (χ0v) is 34.8. The van der Waals surface area contributed by atoms with Gasteiger partial charge >= 0.3 is 6.03 Å². The number of rotatable bonds is 14. The molecule has 5 aliphatic rings. The molecule has 322 valence electrons. The van der Waals surface area contributed by atoms with Crippen molar-refractivity contribution in [3.63, 3.8) is 0 Å². The highest BCUT2D eigenvalue weighted by Gasteiger charge is 2.38. The number of allylic oxidation sites excluding steroid dienone is 1. The maximum Gasteiger partial charge on any atom is 0.320 e. The molecule has 2 aromatic carbocycles. The molecule has 2 atom stereocenters. The average molecular weight is 834 g/mol. The summed E-state index contributed by atoms with van der Waals surface area (Å²) >= 11 is 0. The van der Waals surface area contributed by atoms with Crippen LogP contribution < -0.4 is 26.2 Å². The van der Waals surface area contributed by atoms with Crippen molar-refractivity contribution in [2.24, 2.45) is 5.73 Å². The molecule has 6 heterocycles. The molecule has 1 unspecified atom stereocenters. The van der Waals surface area contributed by atoms with Gasteiger partial charge < -0.3 is 50.5 Å². The largest absolute Gasteiger partial charge is 0.381 e. The number of carbonyl (C=O) groups excluding carboxylic acids is 5. The minimum Gasteiger partial charge on any atom is -0.381 e. The molecule has 0 spiro atoms. The van der Waals surface area contributed by atoms with Crippen molar-refractivity contribution in [2.45, 2.75) is 63.6 Å². The smallest absolute Gasteiger partial charge is 0.320 e. The highest BCUT2D eigenvalue weighted by molar-refractivity contribution is 6.01. The number of fused-ring (bicyclic) bond motifs is 1. The topological polar surface area (TPSA) is 190 Å². The SMILES string of the molecule is C=C1CCC(N2Cc3ccc(CCCOCCC(=O)N4CCN(c5ccc(Nc6nc(N7CCC[C@@H](N8CCN(C)C8=O)C7)cnc6C(N)=O)cc5)CC4)cc3C2=O)C(=O)N1. The molecule has 17 nitrogen and oxygen atoms in total. The standard InChI is InChI=1S/C44H55N11O6/c1-29-7-14-36(42(58)47-29)55-27-31-9-8-30(25-35(31)43(55)59)5-4-23-61-24-15-38(56)52-20-18-51(19-21-52)33-12-10-32(11-13-33)48-41-39(40(45)57)46-26-37(49-41)53-16-3-6-34(28-53)54-22-17-50(2)44(54)60/h8-13,25-26,34,36H,1,3-7,14-24,27-28H2,2H3,(H2,45,57)(H,47,58)(H,48,49)/t34-,36?/m1/s1. The van der Waals surface area contributed by atoms with Crippen LogP contribution in [0.25, 0.3) is 0 Å². The van der Waals surface area contributed by atoms with E-state index in [1.54, 1.807) is 16.0 Å². The molecular formula is C44H55N11O6. The first-order valence-electron chi connectivity index (χ1n) is 21.3. The molecule has 4 saturated heterocycles. The van der Waals surface area contributed by atoms with Gasteiger partial charge in [0.25, 0.3) is 11.8 Å². The first-order chi connectivity index (χ1) is 29.5. The van der Waals surface area contributed by atoms with E-state index in [-0.39, 0.29) is 41.3 Å². The van der Waals surface area contributed by atoms with E-state index >= 15 is 0 Å². The highest BCUT2D eigenvalue weighted by Crippen LogP contribution is 2.30. The summed E-state index contributed by atoms with van der Waals surface area (Å²) in [6.07, 6.45) is 6.48. The van der Waals surface area contributed by atoms with Gasteiger partial charge in [-0.25, -0.2) is 14.8 Å². The fourth-order valence-electron chi connectivity index (χ4n) is 8.97. The molecule has 3 aromatic rings. The van der Waals surface area contributed by atoms with Gasteiger partial charge in [-0.2, -0.15) is 0 Å². The number of benzene rings is 2. The monoisotopic (exact) mass is 833 g/mol. The Kier molecular flexibility index (Phi) is 12.4. The van der Waals surface area contributed by atoms with Crippen LogP contribution in [0.15, 0.2) is 60.9 Å². The summed E-state index contributed by atoms with van der Waals surface area (Å²) in [7, 11) is 1.82. The maximum absolute atomic E-state index is 13.2. The second-order valence-corrected chi connectivity index (χ2v) is 16.5. The van der Waals surface area contributed by atoms with Crippen LogP contribution in [0.5, 0.6) is 0 Å². The Labute approximate surface area is 355 Å². The quantitative estimate of drug-likeness (QED) is 0.203. The van der Waals surface area contributed by atoms with Gasteiger partial charge in [0, 0.05) is 95.2 Å². The molecule has 4 fully saturated rings. The molecule has 61 heavy (non-hydrogen) atoms. The molecule has 0 aliphatic carbocycles. The van der Waals surface area contributed by atoms with Crippen molar-refractivity contribution >= 4 is 52.7 Å². The number of amides is 6. The Hall–Kier alpha value is -6.23. The molecule has 17 heteroatoms. The number of aryl methyl sites for hydroxylation is 1. The van der Waals surface area contributed by atoms with Crippen LogP contribution in [0.4, 0.5) is 27.8 Å². The third-order valence-electron chi connectivity index (χ3n) is 12.4. The molecular weight excluding hydrogens is 779 g/mol. The lowest BCUT2D eigenvalue weighted by atomic mass is 10.0. The van der Waals surface area contributed by atoms with E-state index < -0.39 is 11.9 Å². The van der Waals surface area contributed by atoms with E-state index in [2.05, 4.69) is 32.0 Å². The number of ether oxygens (including phenoxy) is 1. The number of hydrogen-bond donors (Lipinski definition) is 3. The van der Waals surface area contributed by atoms with Crippen LogP contribution in [-0.2, 0) is 27.3 Å². The third kappa shape index (κ3) is 9.26. The number of nitrogens with two attached hydrogens (primary N) is 1. The van der Waals surface area contributed by atoms with E-state index in [1.165, 1.54) is 0 Å². The fraction of sp³-hybridized carbons (Fsp3) is 0.477. The minimum absolute atomic E-state index is 0.0472. The maximum atomic E-state index is 13.2. The fourth-order valence-corrected chi connectivity index (χ4v) is 8.97. The van der Waals surface area contributed by atoms with Crippen molar-refractivity contribution in [1.82, 2.24) is 34.9 Å². The van der Waals surface area contributed by atoms with Gasteiger partial charge in [0.05, 0.1) is 25.3 Å². The zero-order chi connectivity index (χ0) is 42.6. The summed E-state index contributed by atoms with van der Waals surface area (Å²) in [5.74, 6) is 0.0148. The number of hydrogen-bond acceptors (Lipinski definition) is 11. The number of likely N-dealkylation sites (N-methyl/N-ethyl adjacent to an activating group) is 1. The lowest BCUT2D eigenvalue weighted by Gasteiger charge is -2.37. The van der Waals surface area contributed by atoms with Crippen LogP contribution in [0, 0.1) is 0 Å². The summed E-state index contributed by atoms with van der Waals surface area (Å²) in [5, 5.41) is 6.03. The molecule has 4 N–H and O–H groups in total. The average Bonchev–Trinajstić information content (AvgIpc) is 3.78. The Morgan fingerprint density at radius 1 is 0.951 bits per heavy atom. The highest BCUT2D eigenvalue weighted by atomic mass is 16.5. The summed E-state index contributed by atoms with van der Waals surface area (Å²) in [5.41, 5.74) is 10.8. The second kappa shape index (κ2) is 18.2. The van der Waals surface area contributed by atoms with Crippen molar-refractivity contribution < 1.29 is 28.7 Å². The van der Waals surface area contributed by atoms with Gasteiger partial charge in [-0.15, -0.1) is 0 Å². The summed E-state index contributed by atoms with van der Waals surface area (Å²) in [6.45, 7) is 10.6. The number of carbonyl (C=O) groups is 5. The van der Waals surface area contributed by atoms with E-state index in [9.17, 15) is 24.0 Å². The van der Waals surface area contributed by atoms with E-state index in [0.717, 1.165) is 61.3 Å². The van der Waals surface area contributed by atoms with E-state index in [1.807, 2.05) is 59.3 Å². The van der Waals surface area contributed by atoms with Crippen LogP contribution in [0.1, 0.15) is 70.5 Å². The number of primary amides is 1. The minimum atomic E-state index is -0.682. The number of piperazine rings is 1. The van der Waals surface area contributed by atoms with Gasteiger partial charge in [0.15, 0.2) is 11.5 Å². The van der Waals surface area contributed by atoms with Crippen LogP contribution in [0.2, 0.25) is 0 Å². The summed E-state index contributed by atoms with van der Waals surface area (Å²) < 4.78 is 5.84. The van der Waals surface area contributed by atoms with Gasteiger partial charge in [-0.05, 0) is 80.0 Å². The summed E-state index contributed by atoms with van der Waals surface area (Å²) in [4.78, 5) is 84.5. The van der Waals surface area contributed by atoms with Crippen molar-refractivity contribution in [3.8, 4) is 0 Å². The van der Waals surface area contributed by atoms with Gasteiger partial charge in [0.2, 0.25) is 11.8 Å². The molecule has 0 bridgehead atoms. The van der Waals surface area contributed by atoms with Crippen molar-refractivity contribution in [2.75, 3.05) is 87.7 Å². The van der Waals surface area contributed by atoms with E-state index in [4.69, 9.17) is 15.5 Å². The van der Waals surface area contributed by atoms with Gasteiger partial charge in [0.1, 0.15) is 11.9 Å². The molecule has 1 aromatic heterocycles. The first kappa shape index (κ1) is 41.5. The Morgan fingerprint density at radius 3 is 2.49 bits per heavy atom. The molecule has 0 saturated carbocycles. The van der Waals surface area contributed by atoms with Crippen molar-refractivity contribution in [1.29, 1.82) is 0 Å². The predicted molar refractivity (Wildman–Crippen MR) is 229 cm³/mol.